The van der Waals surface area contributed by atoms with Crippen molar-refractivity contribution in [2.24, 2.45) is 16.2 Å². The van der Waals surface area contributed by atoms with Crippen molar-refractivity contribution in [2.45, 2.75) is 27.7 Å². The standard InChI is InChI=1S/C16H22N4O5S2/c1-9(2)12-8-13(10(3)7-14(12)21)18-25-16(23)20(6)27-19(5)15(22)24-17-11(4)26/h7-9H,1-6H3,(H,17,26). The first-order chi connectivity index (χ1) is 12.5. The van der Waals surface area contributed by atoms with E-state index in [1.54, 1.807) is 19.9 Å². The zero-order chi connectivity index (χ0) is 20.7. The van der Waals surface area contributed by atoms with Gasteiger partial charge in [0.05, 0.1) is 12.1 Å². The zero-order valence-corrected chi connectivity index (χ0v) is 17.6. The molecule has 0 heterocycles. The van der Waals surface area contributed by atoms with Crippen LogP contribution in [-0.4, -0.2) is 51.4 Å². The number of hydrogen-bond acceptors (Lipinski definition) is 8. The molecule has 0 saturated carbocycles. The molecule has 1 aliphatic rings. The van der Waals surface area contributed by atoms with Gasteiger partial charge in [0.2, 0.25) is 0 Å². The molecule has 0 radical (unpaired) electrons. The molecule has 0 aromatic rings. The van der Waals surface area contributed by atoms with Gasteiger partial charge in [0.15, 0.2) is 5.78 Å². The van der Waals surface area contributed by atoms with E-state index in [1.807, 2.05) is 13.8 Å². The highest BCUT2D eigenvalue weighted by molar-refractivity contribution is 7.96. The van der Waals surface area contributed by atoms with E-state index in [0.717, 1.165) is 20.7 Å². The smallest absolute Gasteiger partial charge is 0.297 e. The number of thiol groups is 1. The summed E-state index contributed by atoms with van der Waals surface area (Å²) in [5.41, 5.74) is 1.56. The van der Waals surface area contributed by atoms with Crippen LogP contribution in [0.2, 0.25) is 0 Å². The summed E-state index contributed by atoms with van der Waals surface area (Å²) in [5.74, 6) is -0.0658. The SMILES string of the molecule is CC1=CC(=O)C(C(C)C)=CC1=NOC(=O)N(C)SN(C)C(=O)ON=C(C)S. The van der Waals surface area contributed by atoms with E-state index in [9.17, 15) is 14.4 Å². The Morgan fingerprint density at radius 1 is 1.15 bits per heavy atom. The van der Waals surface area contributed by atoms with Gasteiger partial charge in [-0.15, -0.1) is 12.6 Å². The van der Waals surface area contributed by atoms with E-state index in [-0.39, 0.29) is 16.7 Å². The monoisotopic (exact) mass is 414 g/mol. The third kappa shape index (κ3) is 7.10. The Morgan fingerprint density at radius 3 is 2.22 bits per heavy atom. The van der Waals surface area contributed by atoms with Gasteiger partial charge < -0.3 is 0 Å². The van der Waals surface area contributed by atoms with Crippen molar-refractivity contribution in [1.29, 1.82) is 0 Å². The first kappa shape index (κ1) is 22.8. The maximum absolute atomic E-state index is 12.0. The van der Waals surface area contributed by atoms with Crippen molar-refractivity contribution >= 4 is 53.5 Å². The van der Waals surface area contributed by atoms with Crippen molar-refractivity contribution < 1.29 is 24.1 Å². The fourth-order valence-corrected chi connectivity index (χ4v) is 2.40. The van der Waals surface area contributed by atoms with Gasteiger partial charge in [0, 0.05) is 19.7 Å². The number of carbonyl (C=O) groups is 3. The van der Waals surface area contributed by atoms with E-state index < -0.39 is 12.2 Å². The second kappa shape index (κ2) is 10.2. The molecule has 0 aliphatic heterocycles. The summed E-state index contributed by atoms with van der Waals surface area (Å²) in [7, 11) is 2.79. The minimum absolute atomic E-state index is 0.0178. The third-order valence-electron chi connectivity index (χ3n) is 3.19. The van der Waals surface area contributed by atoms with E-state index in [0.29, 0.717) is 16.9 Å². The molecule has 9 nitrogen and oxygen atoms in total. The van der Waals surface area contributed by atoms with Crippen molar-refractivity contribution in [1.82, 2.24) is 8.61 Å². The van der Waals surface area contributed by atoms with Crippen molar-refractivity contribution in [3.8, 4) is 0 Å². The van der Waals surface area contributed by atoms with Crippen LogP contribution in [0.5, 0.6) is 0 Å². The van der Waals surface area contributed by atoms with Gasteiger partial charge >= 0.3 is 12.2 Å². The maximum Gasteiger partial charge on any atom is 0.447 e. The molecular weight excluding hydrogens is 392 g/mol. The molecule has 0 fully saturated rings. The first-order valence-corrected chi connectivity index (χ1v) is 9.04. The molecule has 1 aliphatic carbocycles. The van der Waals surface area contributed by atoms with Gasteiger partial charge in [-0.25, -0.2) is 18.2 Å². The number of nitrogens with zero attached hydrogens (tertiary/aromatic N) is 4. The quantitative estimate of drug-likeness (QED) is 0.141. The second-order valence-corrected chi connectivity index (χ2v) is 7.76. The van der Waals surface area contributed by atoms with Crippen LogP contribution < -0.4 is 0 Å². The highest BCUT2D eigenvalue weighted by atomic mass is 32.2. The highest BCUT2D eigenvalue weighted by Gasteiger charge is 2.22. The third-order valence-corrected chi connectivity index (χ3v) is 4.06. The molecule has 0 atom stereocenters. The Balaban J connectivity index is 2.71. The minimum Gasteiger partial charge on any atom is -0.297 e. The number of rotatable bonds is 5. The average Bonchev–Trinajstić information content (AvgIpc) is 2.57. The lowest BCUT2D eigenvalue weighted by Crippen LogP contribution is -2.28. The Morgan fingerprint density at radius 2 is 1.70 bits per heavy atom. The Hall–Kier alpha value is -2.27. The van der Waals surface area contributed by atoms with Gasteiger partial charge in [-0.2, -0.15) is 0 Å². The predicted octanol–water partition coefficient (Wildman–Crippen LogP) is 3.42. The van der Waals surface area contributed by atoms with Gasteiger partial charge in [0.1, 0.15) is 10.8 Å². The Labute approximate surface area is 167 Å². The highest BCUT2D eigenvalue weighted by Crippen LogP contribution is 2.20. The number of carbonyl (C=O) groups excluding carboxylic acids is 3. The van der Waals surface area contributed by atoms with Gasteiger partial charge in [-0.05, 0) is 37.5 Å². The summed E-state index contributed by atoms with van der Waals surface area (Å²) in [6, 6.07) is 0. The summed E-state index contributed by atoms with van der Waals surface area (Å²) >= 11 is 4.60. The van der Waals surface area contributed by atoms with Crippen LogP contribution in [0.4, 0.5) is 9.59 Å². The molecule has 0 bridgehead atoms. The van der Waals surface area contributed by atoms with Crippen molar-refractivity contribution in [3.63, 3.8) is 0 Å². The number of hydrogen-bond donors (Lipinski definition) is 1. The number of amides is 2. The summed E-state index contributed by atoms with van der Waals surface area (Å²) in [6.07, 6.45) is 1.44. The average molecular weight is 415 g/mol. The lowest BCUT2D eigenvalue weighted by molar-refractivity contribution is -0.111. The molecule has 0 aromatic carbocycles. The van der Waals surface area contributed by atoms with Crippen LogP contribution in [-0.2, 0) is 14.5 Å². The summed E-state index contributed by atoms with van der Waals surface area (Å²) in [5, 5.41) is 7.49. The molecule has 0 unspecified atom stereocenters. The largest absolute Gasteiger partial charge is 0.447 e. The normalized spacial score (nSPS) is 16.1. The fraction of sp³-hybridized carbons (Fsp3) is 0.438. The van der Waals surface area contributed by atoms with Gasteiger partial charge in [-0.1, -0.05) is 24.2 Å². The summed E-state index contributed by atoms with van der Waals surface area (Å²) in [4.78, 5) is 45.1. The Kier molecular flexibility index (Phi) is 8.57. The van der Waals surface area contributed by atoms with Gasteiger partial charge in [-0.3, -0.25) is 14.5 Å². The fourth-order valence-electron chi connectivity index (χ4n) is 1.79. The van der Waals surface area contributed by atoms with Crippen molar-refractivity contribution in [2.75, 3.05) is 14.1 Å². The molecule has 0 spiro atoms. The molecule has 0 saturated heterocycles. The van der Waals surface area contributed by atoms with Gasteiger partial charge in [0.25, 0.3) is 0 Å². The van der Waals surface area contributed by atoms with E-state index in [4.69, 9.17) is 4.84 Å². The maximum atomic E-state index is 12.0. The van der Waals surface area contributed by atoms with E-state index in [2.05, 4.69) is 27.8 Å². The molecule has 148 valence electrons. The van der Waals surface area contributed by atoms with E-state index in [1.165, 1.54) is 20.2 Å². The zero-order valence-electron chi connectivity index (χ0n) is 15.9. The topological polar surface area (TPSA) is 101 Å². The Bertz CT molecular complexity index is 739. The molecule has 11 heteroatoms. The lowest BCUT2D eigenvalue weighted by atomic mass is 9.90. The molecule has 0 N–H and O–H groups in total. The van der Waals surface area contributed by atoms with Crippen LogP contribution in [0.15, 0.2) is 33.6 Å². The number of oxime groups is 2. The lowest BCUT2D eigenvalue weighted by Gasteiger charge is -2.19. The van der Waals surface area contributed by atoms with Crippen LogP contribution in [0.25, 0.3) is 0 Å². The van der Waals surface area contributed by atoms with E-state index >= 15 is 0 Å². The number of allylic oxidation sites excluding steroid dienone is 4. The number of ketones is 1. The summed E-state index contributed by atoms with van der Waals surface area (Å²) in [6.45, 7) is 7.02. The predicted molar refractivity (Wildman–Crippen MR) is 107 cm³/mol. The molecule has 27 heavy (non-hydrogen) atoms. The van der Waals surface area contributed by atoms with Crippen LogP contribution in [0.1, 0.15) is 27.7 Å². The van der Waals surface area contributed by atoms with Crippen molar-refractivity contribution in [3.05, 3.63) is 23.3 Å². The first-order valence-electron chi connectivity index (χ1n) is 7.86. The molecular formula is C16H22N4O5S2. The minimum atomic E-state index is -0.815. The van der Waals surface area contributed by atoms with Crippen LogP contribution in [0, 0.1) is 5.92 Å². The summed E-state index contributed by atoms with van der Waals surface area (Å²) < 4.78 is 2.08. The molecule has 1 rings (SSSR count). The second-order valence-electron chi connectivity index (χ2n) is 5.85. The van der Waals surface area contributed by atoms with Crippen LogP contribution in [0.3, 0.4) is 0 Å². The molecule has 2 amide bonds. The van der Waals surface area contributed by atoms with Crippen LogP contribution >= 0.6 is 24.8 Å². The molecule has 0 aromatic heterocycles.